The molecule has 0 spiro atoms. The van der Waals surface area contributed by atoms with Crippen molar-refractivity contribution in [1.29, 1.82) is 0 Å². The van der Waals surface area contributed by atoms with Crippen molar-refractivity contribution in [2.75, 3.05) is 0 Å². The third kappa shape index (κ3) is 2.64. The zero-order valence-electron chi connectivity index (χ0n) is 11.7. The second-order valence-electron chi connectivity index (χ2n) is 5.27. The van der Waals surface area contributed by atoms with Crippen LogP contribution in [0.2, 0.25) is 0 Å². The normalized spacial score (nSPS) is 18.7. The van der Waals surface area contributed by atoms with Gasteiger partial charge in [-0.05, 0) is 0 Å². The van der Waals surface area contributed by atoms with Crippen molar-refractivity contribution >= 4 is 49.5 Å². The molecule has 0 bridgehead atoms. The Morgan fingerprint density at radius 2 is 1.23 bits per heavy atom. The van der Waals surface area contributed by atoms with Gasteiger partial charge in [0.1, 0.15) is 0 Å². The Balaban J connectivity index is 1.43. The van der Waals surface area contributed by atoms with E-state index in [9.17, 15) is 4.79 Å². The maximum atomic E-state index is 12.4. The summed E-state index contributed by atoms with van der Waals surface area (Å²) >= 11 is -4.69. The first-order valence-corrected chi connectivity index (χ1v) is 17.5. The first-order chi connectivity index (χ1) is 10.8. The van der Waals surface area contributed by atoms with Crippen molar-refractivity contribution in [1.82, 2.24) is 6.61 Å². The monoisotopic (exact) mass is 488 g/mol. The fourth-order valence-electron chi connectivity index (χ4n) is 2.82. The summed E-state index contributed by atoms with van der Waals surface area (Å²) in [6.45, 7) is 0. The van der Waals surface area contributed by atoms with E-state index in [4.69, 9.17) is 0 Å². The average molecular weight is 488 g/mol. The van der Waals surface area contributed by atoms with Crippen molar-refractivity contribution in [3.8, 4) is 0 Å². The Bertz CT molecular complexity index is 832. The molecule has 0 saturated carbocycles. The Labute approximate surface area is 144 Å². The standard InChI is InChI=1S/2C8H4.CH3N2O.2In/c2*1-2-8-6-4-3-5-7-8;2-1(3)4;;/h2*1-2,4,7H;(H3-,2,3,4);;/q;;-1;2*+1/p-1. The molecule has 4 aliphatic rings. The number of allylic oxidation sites excluding steroid dienone is 10. The third-order valence-electron chi connectivity index (χ3n) is 3.92. The minimum atomic E-state index is -2.35. The molecule has 0 radical (unpaired) electrons. The third-order valence-corrected chi connectivity index (χ3v) is 17.2. The number of carbonyl (C=O) groups is 1. The van der Waals surface area contributed by atoms with Crippen LogP contribution in [-0.4, -0.2) is 49.5 Å². The summed E-state index contributed by atoms with van der Waals surface area (Å²) in [5.41, 5.74) is 14.3. The van der Waals surface area contributed by atoms with Crippen LogP contribution in [0.4, 0.5) is 4.79 Å². The Morgan fingerprint density at radius 1 is 0.773 bits per heavy atom. The van der Waals surface area contributed by atoms with Gasteiger partial charge >= 0.3 is 146 Å². The summed E-state index contributed by atoms with van der Waals surface area (Å²) in [4.78, 5) is 12.4. The molecule has 0 aromatic rings. The van der Waals surface area contributed by atoms with Crippen molar-refractivity contribution in [2.24, 2.45) is 0 Å². The first kappa shape index (κ1) is 14.2. The molecule has 0 unspecified atom stereocenters. The van der Waals surface area contributed by atoms with E-state index in [2.05, 4.69) is 49.4 Å². The predicted octanol–water partition coefficient (Wildman–Crippen LogP) is 1.92. The molecule has 2 amide bonds. The minimum absolute atomic E-state index is 0.0164. The van der Waals surface area contributed by atoms with Crippen LogP contribution in [0.25, 0.3) is 0 Å². The maximum absolute atomic E-state index is 12.4. The van der Waals surface area contributed by atoms with Gasteiger partial charge in [-0.15, -0.1) is 0 Å². The van der Waals surface area contributed by atoms with Gasteiger partial charge in [0.2, 0.25) is 0 Å². The topological polar surface area (TPSA) is 41.1 Å². The van der Waals surface area contributed by atoms with Crippen LogP contribution in [0.15, 0.2) is 84.9 Å². The van der Waals surface area contributed by atoms with Crippen LogP contribution in [0.1, 0.15) is 0 Å². The molecule has 2 heterocycles. The molecule has 3 nitrogen and oxygen atoms in total. The summed E-state index contributed by atoms with van der Waals surface area (Å²) in [5.74, 6) is 0. The van der Waals surface area contributed by atoms with Crippen LogP contribution in [0.5, 0.6) is 0 Å². The van der Waals surface area contributed by atoms with Crippen LogP contribution in [0.3, 0.4) is 0 Å². The van der Waals surface area contributed by atoms with Crippen LogP contribution < -0.4 is 6.61 Å². The van der Waals surface area contributed by atoms with Crippen molar-refractivity contribution < 1.29 is 4.79 Å². The Hall–Kier alpha value is -1.43. The fourth-order valence-corrected chi connectivity index (χ4v) is 15.7. The SMILES string of the molecule is O=C([NH][In]1[CH]=CC2=[C]1C=C=C=C2)[NH][In]1[CH]=CC2=[C]1C=C=C=C2. The molecular formula is C17H10In2N2O. The number of hydrogen-bond donors (Lipinski definition) is 2. The van der Waals surface area contributed by atoms with Gasteiger partial charge in [0, 0.05) is 0 Å². The van der Waals surface area contributed by atoms with Crippen molar-refractivity contribution in [2.45, 2.75) is 0 Å². The molecule has 0 saturated heterocycles. The van der Waals surface area contributed by atoms with Gasteiger partial charge in [0.05, 0.1) is 0 Å². The van der Waals surface area contributed by atoms with Crippen LogP contribution in [0, 0.1) is 0 Å². The molecule has 22 heavy (non-hydrogen) atoms. The number of rotatable bonds is 2. The molecule has 0 aromatic heterocycles. The summed E-state index contributed by atoms with van der Waals surface area (Å²) in [6, 6.07) is -0.0164. The van der Waals surface area contributed by atoms with Crippen molar-refractivity contribution in [3.63, 3.8) is 0 Å². The molecule has 0 aromatic carbocycles. The molecular weight excluding hydrogens is 478 g/mol. The van der Waals surface area contributed by atoms with Gasteiger partial charge in [-0.3, -0.25) is 0 Å². The van der Waals surface area contributed by atoms with Crippen LogP contribution >= 0.6 is 0 Å². The second-order valence-corrected chi connectivity index (χ2v) is 18.1. The van der Waals surface area contributed by atoms with E-state index in [0.29, 0.717) is 0 Å². The number of amides is 2. The summed E-state index contributed by atoms with van der Waals surface area (Å²) < 4.78 is 13.4. The molecule has 2 N–H and O–H groups in total. The van der Waals surface area contributed by atoms with Gasteiger partial charge in [-0.2, -0.15) is 0 Å². The molecule has 100 valence electrons. The zero-order chi connectivity index (χ0) is 14.9. The molecule has 0 atom stereocenters. The van der Waals surface area contributed by atoms with Gasteiger partial charge in [0.25, 0.3) is 0 Å². The van der Waals surface area contributed by atoms with E-state index < -0.39 is 43.5 Å². The Kier molecular flexibility index (Phi) is 3.86. The Morgan fingerprint density at radius 3 is 1.73 bits per heavy atom. The van der Waals surface area contributed by atoms with E-state index in [1.54, 1.807) is 0 Å². The van der Waals surface area contributed by atoms with E-state index in [0.717, 1.165) is 0 Å². The number of carbonyl (C=O) groups excluding carboxylic acids is 1. The van der Waals surface area contributed by atoms with E-state index in [1.165, 1.54) is 17.8 Å². The molecule has 2 aliphatic heterocycles. The van der Waals surface area contributed by atoms with Gasteiger partial charge in [0.15, 0.2) is 0 Å². The molecule has 0 fully saturated rings. The summed E-state index contributed by atoms with van der Waals surface area (Å²) in [6.07, 6.45) is 12.0. The number of nitrogens with one attached hydrogen (secondary N) is 2. The molecule has 5 heteroatoms. The first-order valence-electron chi connectivity index (χ1n) is 7.08. The second kappa shape index (κ2) is 5.99. The fraction of sp³-hybridized carbons (Fsp3) is 0. The summed E-state index contributed by atoms with van der Waals surface area (Å²) in [5, 5.41) is 0. The van der Waals surface area contributed by atoms with Crippen molar-refractivity contribution in [3.05, 3.63) is 84.9 Å². The van der Waals surface area contributed by atoms with Gasteiger partial charge < -0.3 is 0 Å². The number of urea groups is 1. The van der Waals surface area contributed by atoms with Gasteiger partial charge in [-0.1, -0.05) is 0 Å². The number of hydrogen-bond acceptors (Lipinski definition) is 1. The molecule has 2 aliphatic carbocycles. The van der Waals surface area contributed by atoms with Gasteiger partial charge in [-0.25, -0.2) is 0 Å². The zero-order valence-corrected chi connectivity index (χ0v) is 18.3. The molecule has 4 rings (SSSR count). The van der Waals surface area contributed by atoms with E-state index in [1.807, 2.05) is 24.3 Å². The van der Waals surface area contributed by atoms with E-state index in [-0.39, 0.29) is 6.03 Å². The summed E-state index contributed by atoms with van der Waals surface area (Å²) in [7, 11) is 0. The van der Waals surface area contributed by atoms with E-state index >= 15 is 0 Å². The van der Waals surface area contributed by atoms with Crippen LogP contribution in [-0.2, 0) is 0 Å². The predicted molar refractivity (Wildman–Crippen MR) is 87.8 cm³/mol. The quantitative estimate of drug-likeness (QED) is 0.574. The average Bonchev–Trinajstić information content (AvgIpc) is 3.13.